The molecule has 0 aliphatic heterocycles. The molecular weight excluding hydrogens is 304 g/mol. The molecule has 0 aliphatic carbocycles. The lowest BCUT2D eigenvalue weighted by atomic mass is 10.2. The molecule has 0 atom stereocenters. The molecular formula is C15H17BrN2O. The van der Waals surface area contributed by atoms with E-state index in [0.717, 1.165) is 28.1 Å². The first-order chi connectivity index (χ1) is 9.15. The minimum atomic E-state index is 0.445. The average molecular weight is 321 g/mol. The number of pyridine rings is 1. The minimum absolute atomic E-state index is 0.445. The van der Waals surface area contributed by atoms with Crippen molar-refractivity contribution in [1.82, 2.24) is 10.3 Å². The number of hydrogen-bond acceptors (Lipinski definition) is 3. The van der Waals surface area contributed by atoms with Gasteiger partial charge in [-0.25, -0.2) is 0 Å². The van der Waals surface area contributed by atoms with Crippen molar-refractivity contribution in [3.8, 4) is 11.5 Å². The Morgan fingerprint density at radius 3 is 2.79 bits per heavy atom. The quantitative estimate of drug-likeness (QED) is 0.899. The molecule has 1 heterocycles. The minimum Gasteiger partial charge on any atom is -0.455 e. The van der Waals surface area contributed by atoms with Gasteiger partial charge in [-0.3, -0.25) is 4.98 Å². The molecule has 0 radical (unpaired) electrons. The third kappa shape index (κ3) is 4.33. The van der Waals surface area contributed by atoms with Gasteiger partial charge in [-0.1, -0.05) is 32.0 Å². The third-order valence-electron chi connectivity index (χ3n) is 2.58. The normalized spacial score (nSPS) is 10.7. The highest BCUT2D eigenvalue weighted by Gasteiger charge is 2.05. The second kappa shape index (κ2) is 6.68. The summed E-state index contributed by atoms with van der Waals surface area (Å²) in [6.07, 6.45) is 3.44. The van der Waals surface area contributed by atoms with Crippen molar-refractivity contribution in [2.24, 2.45) is 0 Å². The number of rotatable bonds is 5. The Morgan fingerprint density at radius 2 is 2.05 bits per heavy atom. The van der Waals surface area contributed by atoms with E-state index in [1.807, 2.05) is 24.3 Å². The summed E-state index contributed by atoms with van der Waals surface area (Å²) in [6.45, 7) is 5.04. The van der Waals surface area contributed by atoms with Crippen LogP contribution in [0, 0.1) is 0 Å². The lowest BCUT2D eigenvalue weighted by Crippen LogP contribution is -2.22. The van der Waals surface area contributed by atoms with Crippen LogP contribution in [-0.4, -0.2) is 11.0 Å². The van der Waals surface area contributed by atoms with Crippen molar-refractivity contribution in [3.05, 3.63) is 52.8 Å². The van der Waals surface area contributed by atoms with E-state index >= 15 is 0 Å². The summed E-state index contributed by atoms with van der Waals surface area (Å²) in [4.78, 5) is 4.10. The maximum Gasteiger partial charge on any atom is 0.146 e. The zero-order valence-corrected chi connectivity index (χ0v) is 12.6. The van der Waals surface area contributed by atoms with Gasteiger partial charge in [-0.05, 0) is 28.1 Å². The van der Waals surface area contributed by atoms with Crippen LogP contribution in [0.4, 0.5) is 0 Å². The van der Waals surface area contributed by atoms with Crippen LogP contribution in [0.3, 0.4) is 0 Å². The van der Waals surface area contributed by atoms with Gasteiger partial charge in [0.2, 0.25) is 0 Å². The molecule has 0 unspecified atom stereocenters. The number of ether oxygens (including phenoxy) is 1. The van der Waals surface area contributed by atoms with Crippen molar-refractivity contribution in [2.75, 3.05) is 0 Å². The molecule has 0 bridgehead atoms. The number of hydrogen-bond donors (Lipinski definition) is 1. The molecule has 100 valence electrons. The van der Waals surface area contributed by atoms with Gasteiger partial charge < -0.3 is 10.1 Å². The summed E-state index contributed by atoms with van der Waals surface area (Å²) in [7, 11) is 0. The number of benzene rings is 1. The van der Waals surface area contributed by atoms with Crippen molar-refractivity contribution in [3.63, 3.8) is 0 Å². The SMILES string of the molecule is CC(C)NCc1ccccc1Oc1cncc(Br)c1. The molecule has 0 saturated heterocycles. The van der Waals surface area contributed by atoms with Crippen LogP contribution in [-0.2, 0) is 6.54 Å². The van der Waals surface area contributed by atoms with E-state index in [-0.39, 0.29) is 0 Å². The molecule has 2 aromatic rings. The third-order valence-corrected chi connectivity index (χ3v) is 3.01. The largest absolute Gasteiger partial charge is 0.455 e. The monoisotopic (exact) mass is 320 g/mol. The summed E-state index contributed by atoms with van der Waals surface area (Å²) in [6, 6.07) is 10.4. The van der Waals surface area contributed by atoms with Crippen LogP contribution in [0.5, 0.6) is 11.5 Å². The number of para-hydroxylation sites is 1. The first kappa shape index (κ1) is 14.0. The van der Waals surface area contributed by atoms with Gasteiger partial charge in [0.05, 0.1) is 6.20 Å². The Balaban J connectivity index is 2.15. The molecule has 19 heavy (non-hydrogen) atoms. The van der Waals surface area contributed by atoms with Crippen molar-refractivity contribution < 1.29 is 4.74 Å². The van der Waals surface area contributed by atoms with E-state index in [9.17, 15) is 0 Å². The second-order valence-electron chi connectivity index (χ2n) is 4.58. The van der Waals surface area contributed by atoms with E-state index in [0.29, 0.717) is 6.04 Å². The summed E-state index contributed by atoms with van der Waals surface area (Å²) in [5.41, 5.74) is 1.14. The highest BCUT2D eigenvalue weighted by molar-refractivity contribution is 9.10. The summed E-state index contributed by atoms with van der Waals surface area (Å²) < 4.78 is 6.80. The van der Waals surface area contributed by atoms with Crippen LogP contribution in [0.25, 0.3) is 0 Å². The number of nitrogens with zero attached hydrogens (tertiary/aromatic N) is 1. The number of aromatic nitrogens is 1. The lowest BCUT2D eigenvalue weighted by Gasteiger charge is -2.13. The van der Waals surface area contributed by atoms with Crippen LogP contribution in [0.15, 0.2) is 47.2 Å². The summed E-state index contributed by atoms with van der Waals surface area (Å²) >= 11 is 3.39. The highest BCUT2D eigenvalue weighted by atomic mass is 79.9. The van der Waals surface area contributed by atoms with Crippen molar-refractivity contribution >= 4 is 15.9 Å². The fraction of sp³-hybridized carbons (Fsp3) is 0.267. The summed E-state index contributed by atoms with van der Waals surface area (Å²) in [5.74, 6) is 1.59. The fourth-order valence-corrected chi connectivity index (χ4v) is 1.98. The Labute approximate surface area is 122 Å². The van der Waals surface area contributed by atoms with Gasteiger partial charge in [0.25, 0.3) is 0 Å². The topological polar surface area (TPSA) is 34.1 Å². The van der Waals surface area contributed by atoms with Gasteiger partial charge in [-0.15, -0.1) is 0 Å². The molecule has 1 aromatic heterocycles. The molecule has 3 nitrogen and oxygen atoms in total. The predicted molar refractivity (Wildman–Crippen MR) is 80.4 cm³/mol. The van der Waals surface area contributed by atoms with E-state index in [4.69, 9.17) is 4.74 Å². The standard InChI is InChI=1S/C15H17BrN2O/c1-11(2)18-8-12-5-3-4-6-15(12)19-14-7-13(16)9-17-10-14/h3-7,9-11,18H,8H2,1-2H3. The van der Waals surface area contributed by atoms with Crippen LogP contribution in [0.1, 0.15) is 19.4 Å². The molecule has 4 heteroatoms. The molecule has 1 N–H and O–H groups in total. The fourth-order valence-electron chi connectivity index (χ4n) is 1.64. The van der Waals surface area contributed by atoms with E-state index in [1.165, 1.54) is 0 Å². The van der Waals surface area contributed by atoms with Crippen LogP contribution >= 0.6 is 15.9 Å². The zero-order valence-electron chi connectivity index (χ0n) is 11.1. The molecule has 0 aliphatic rings. The molecule has 0 fully saturated rings. The average Bonchev–Trinajstić information content (AvgIpc) is 2.38. The Bertz CT molecular complexity index is 543. The number of halogens is 1. The lowest BCUT2D eigenvalue weighted by molar-refractivity contribution is 0.467. The summed E-state index contributed by atoms with van der Waals surface area (Å²) in [5, 5.41) is 3.39. The van der Waals surface area contributed by atoms with Gasteiger partial charge in [-0.2, -0.15) is 0 Å². The number of nitrogens with one attached hydrogen (secondary N) is 1. The smallest absolute Gasteiger partial charge is 0.146 e. The van der Waals surface area contributed by atoms with Crippen molar-refractivity contribution in [1.29, 1.82) is 0 Å². The van der Waals surface area contributed by atoms with E-state index < -0.39 is 0 Å². The maximum absolute atomic E-state index is 5.89. The first-order valence-electron chi connectivity index (χ1n) is 6.25. The van der Waals surface area contributed by atoms with Gasteiger partial charge in [0.1, 0.15) is 11.5 Å². The second-order valence-corrected chi connectivity index (χ2v) is 5.50. The Morgan fingerprint density at radius 1 is 1.26 bits per heavy atom. The molecule has 0 saturated carbocycles. The van der Waals surface area contributed by atoms with Gasteiger partial charge >= 0.3 is 0 Å². The molecule has 0 amide bonds. The van der Waals surface area contributed by atoms with Gasteiger partial charge in [0.15, 0.2) is 0 Å². The zero-order chi connectivity index (χ0) is 13.7. The Hall–Kier alpha value is -1.39. The van der Waals surface area contributed by atoms with Crippen LogP contribution < -0.4 is 10.1 Å². The van der Waals surface area contributed by atoms with Gasteiger partial charge in [0, 0.05) is 28.8 Å². The molecule has 2 rings (SSSR count). The molecule has 1 aromatic carbocycles. The van der Waals surface area contributed by atoms with Crippen molar-refractivity contribution in [2.45, 2.75) is 26.4 Å². The predicted octanol–water partition coefficient (Wildman–Crippen LogP) is 4.13. The Kier molecular flexibility index (Phi) is 4.93. The first-order valence-corrected chi connectivity index (χ1v) is 7.04. The highest BCUT2D eigenvalue weighted by Crippen LogP contribution is 2.26. The van der Waals surface area contributed by atoms with Crippen LogP contribution in [0.2, 0.25) is 0 Å². The maximum atomic E-state index is 5.89. The van der Waals surface area contributed by atoms with E-state index in [1.54, 1.807) is 12.4 Å². The van der Waals surface area contributed by atoms with E-state index in [2.05, 4.69) is 46.1 Å². The molecule has 0 spiro atoms.